The fourth-order valence-electron chi connectivity index (χ4n) is 2.55. The van der Waals surface area contributed by atoms with Crippen molar-refractivity contribution in [2.75, 3.05) is 5.73 Å². The van der Waals surface area contributed by atoms with Crippen LogP contribution in [0.4, 0.5) is 10.2 Å². The van der Waals surface area contributed by atoms with E-state index in [0.717, 1.165) is 6.07 Å². The predicted octanol–water partition coefficient (Wildman–Crippen LogP) is 4.06. The van der Waals surface area contributed by atoms with Crippen LogP contribution in [-0.2, 0) is 0 Å². The van der Waals surface area contributed by atoms with Gasteiger partial charge in [-0.25, -0.2) is 19.3 Å². The topological polar surface area (TPSA) is 93.8 Å². The van der Waals surface area contributed by atoms with E-state index in [2.05, 4.69) is 20.3 Å². The number of benzene rings is 1. The normalized spacial score (nSPS) is 11.9. The average molecular weight is 406 g/mol. The second-order valence-electron chi connectivity index (χ2n) is 5.74. The van der Waals surface area contributed by atoms with Gasteiger partial charge in [0.1, 0.15) is 18.0 Å². The van der Waals surface area contributed by atoms with Crippen molar-refractivity contribution in [3.63, 3.8) is 0 Å². The fourth-order valence-corrected chi connectivity index (χ4v) is 3.25. The molecule has 6 nitrogen and oxygen atoms in total. The quantitative estimate of drug-likeness (QED) is 0.638. The molecular formula is C18H14Cl2FN5O. The Hall–Kier alpha value is -2.77. The Morgan fingerprint density at radius 1 is 1.19 bits per heavy atom. The number of nitrogen functional groups attached to an aromatic ring is 1. The van der Waals surface area contributed by atoms with Crippen LogP contribution >= 0.6 is 23.2 Å². The number of pyridine rings is 1. The van der Waals surface area contributed by atoms with Gasteiger partial charge in [0, 0.05) is 40.3 Å². The monoisotopic (exact) mass is 405 g/mol. The van der Waals surface area contributed by atoms with Gasteiger partial charge in [0.15, 0.2) is 0 Å². The van der Waals surface area contributed by atoms with Crippen molar-refractivity contribution < 1.29 is 9.18 Å². The van der Waals surface area contributed by atoms with Crippen molar-refractivity contribution in [1.82, 2.24) is 20.3 Å². The summed E-state index contributed by atoms with van der Waals surface area (Å²) < 4.78 is 13.7. The van der Waals surface area contributed by atoms with Crippen molar-refractivity contribution in [2.45, 2.75) is 13.0 Å². The SMILES string of the molecule is CC(NC(=O)c1cc(-c2cncnc2)cnc1N)c1c(Cl)ccc(F)c1Cl. The molecule has 2 heterocycles. The molecule has 1 atom stereocenters. The zero-order chi connectivity index (χ0) is 19.6. The number of nitrogens with one attached hydrogen (secondary N) is 1. The third kappa shape index (κ3) is 3.99. The molecule has 0 fully saturated rings. The number of nitrogens with zero attached hydrogens (tertiary/aromatic N) is 3. The molecule has 0 spiro atoms. The molecule has 0 radical (unpaired) electrons. The van der Waals surface area contributed by atoms with E-state index in [4.69, 9.17) is 28.9 Å². The number of aromatic nitrogens is 3. The first kappa shape index (κ1) is 19.0. The summed E-state index contributed by atoms with van der Waals surface area (Å²) in [5.74, 6) is -1.07. The largest absolute Gasteiger partial charge is 0.383 e. The summed E-state index contributed by atoms with van der Waals surface area (Å²) in [6.45, 7) is 1.64. The first-order valence-electron chi connectivity index (χ1n) is 7.83. The van der Waals surface area contributed by atoms with Crippen LogP contribution in [0.1, 0.15) is 28.9 Å². The number of hydrogen-bond acceptors (Lipinski definition) is 5. The van der Waals surface area contributed by atoms with Gasteiger partial charge in [-0.2, -0.15) is 0 Å². The Labute approximate surface area is 164 Å². The van der Waals surface area contributed by atoms with E-state index in [-0.39, 0.29) is 27.0 Å². The van der Waals surface area contributed by atoms with E-state index in [1.165, 1.54) is 18.6 Å². The van der Waals surface area contributed by atoms with E-state index < -0.39 is 17.8 Å². The highest BCUT2D eigenvalue weighted by Crippen LogP contribution is 2.32. The maximum Gasteiger partial charge on any atom is 0.255 e. The van der Waals surface area contributed by atoms with Gasteiger partial charge in [-0.3, -0.25) is 4.79 Å². The van der Waals surface area contributed by atoms with Crippen molar-refractivity contribution in [3.05, 3.63) is 70.1 Å². The highest BCUT2D eigenvalue weighted by molar-refractivity contribution is 6.36. The van der Waals surface area contributed by atoms with Gasteiger partial charge in [0.25, 0.3) is 5.91 Å². The summed E-state index contributed by atoms with van der Waals surface area (Å²) in [7, 11) is 0. The van der Waals surface area contributed by atoms with Crippen LogP contribution in [0, 0.1) is 5.82 Å². The van der Waals surface area contributed by atoms with Gasteiger partial charge in [-0.05, 0) is 25.1 Å². The Morgan fingerprint density at radius 2 is 1.89 bits per heavy atom. The summed E-state index contributed by atoms with van der Waals surface area (Å²) in [6.07, 6.45) is 6.11. The fraction of sp³-hybridized carbons (Fsp3) is 0.111. The zero-order valence-corrected chi connectivity index (χ0v) is 15.6. The zero-order valence-electron chi connectivity index (χ0n) is 14.1. The lowest BCUT2D eigenvalue weighted by Gasteiger charge is -2.18. The van der Waals surface area contributed by atoms with Gasteiger partial charge < -0.3 is 11.1 Å². The van der Waals surface area contributed by atoms with Gasteiger partial charge in [0.2, 0.25) is 0 Å². The summed E-state index contributed by atoms with van der Waals surface area (Å²) in [5, 5.41) is 2.82. The molecule has 3 N–H and O–H groups in total. The third-order valence-corrected chi connectivity index (χ3v) is 4.63. The second kappa shape index (κ2) is 7.85. The lowest BCUT2D eigenvalue weighted by molar-refractivity contribution is 0.0940. The molecule has 1 unspecified atom stereocenters. The van der Waals surface area contributed by atoms with Crippen molar-refractivity contribution in [1.29, 1.82) is 0 Å². The molecule has 0 bridgehead atoms. The van der Waals surface area contributed by atoms with E-state index in [1.807, 2.05) is 0 Å². The predicted molar refractivity (Wildman–Crippen MR) is 102 cm³/mol. The molecule has 0 saturated heterocycles. The maximum absolute atomic E-state index is 13.7. The first-order chi connectivity index (χ1) is 12.9. The van der Waals surface area contributed by atoms with Crippen molar-refractivity contribution in [2.24, 2.45) is 0 Å². The van der Waals surface area contributed by atoms with Crippen molar-refractivity contribution in [3.8, 4) is 11.1 Å². The molecule has 138 valence electrons. The molecule has 0 aliphatic carbocycles. The van der Waals surface area contributed by atoms with Crippen molar-refractivity contribution >= 4 is 34.9 Å². The molecule has 3 rings (SSSR count). The van der Waals surface area contributed by atoms with Crippen LogP contribution in [-0.4, -0.2) is 20.9 Å². The molecule has 0 aliphatic rings. The van der Waals surface area contributed by atoms with Gasteiger partial charge in [0.05, 0.1) is 16.6 Å². The molecule has 27 heavy (non-hydrogen) atoms. The number of carbonyl (C=O) groups is 1. The number of halogens is 3. The van der Waals surface area contributed by atoms with Crippen LogP contribution in [0.2, 0.25) is 10.0 Å². The van der Waals surface area contributed by atoms with Gasteiger partial charge in [-0.15, -0.1) is 0 Å². The van der Waals surface area contributed by atoms with Crippen LogP contribution in [0.5, 0.6) is 0 Å². The molecule has 0 aliphatic heterocycles. The van der Waals surface area contributed by atoms with E-state index >= 15 is 0 Å². The Morgan fingerprint density at radius 3 is 2.59 bits per heavy atom. The maximum atomic E-state index is 13.7. The molecule has 3 aromatic rings. The summed E-state index contributed by atoms with van der Waals surface area (Å²) in [6, 6.07) is 3.47. The second-order valence-corrected chi connectivity index (χ2v) is 6.52. The standard InChI is InChI=1S/C18H14Cl2FN5O/c1-9(15-13(19)2-3-14(21)16(15)20)26-18(27)12-4-10(7-25-17(12)22)11-5-23-8-24-6-11/h2-9H,1H3,(H2,22,25)(H,26,27). The smallest absolute Gasteiger partial charge is 0.255 e. The minimum atomic E-state index is -0.656. The van der Waals surface area contributed by atoms with Crippen LogP contribution in [0.25, 0.3) is 11.1 Å². The number of amides is 1. The number of carbonyl (C=O) groups excluding carboxylic acids is 1. The number of nitrogens with two attached hydrogens (primary N) is 1. The highest BCUT2D eigenvalue weighted by Gasteiger charge is 2.21. The van der Waals surface area contributed by atoms with Gasteiger partial charge >= 0.3 is 0 Å². The number of rotatable bonds is 4. The Balaban J connectivity index is 1.90. The van der Waals surface area contributed by atoms with E-state index in [0.29, 0.717) is 11.1 Å². The van der Waals surface area contributed by atoms with Gasteiger partial charge in [-0.1, -0.05) is 23.2 Å². The number of anilines is 1. The minimum absolute atomic E-state index is 0.0525. The summed E-state index contributed by atoms with van der Waals surface area (Å²) >= 11 is 12.1. The van der Waals surface area contributed by atoms with E-state index in [1.54, 1.807) is 25.4 Å². The summed E-state index contributed by atoms with van der Waals surface area (Å²) in [5.41, 5.74) is 7.61. The average Bonchev–Trinajstić information content (AvgIpc) is 2.66. The third-order valence-electron chi connectivity index (χ3n) is 3.92. The summed E-state index contributed by atoms with van der Waals surface area (Å²) in [4.78, 5) is 24.6. The molecule has 1 amide bonds. The van der Waals surface area contributed by atoms with Crippen LogP contribution in [0.3, 0.4) is 0 Å². The van der Waals surface area contributed by atoms with Crippen LogP contribution < -0.4 is 11.1 Å². The minimum Gasteiger partial charge on any atom is -0.383 e. The molecule has 9 heteroatoms. The Bertz CT molecular complexity index is 1000. The molecule has 2 aromatic heterocycles. The van der Waals surface area contributed by atoms with E-state index in [9.17, 15) is 9.18 Å². The number of hydrogen-bond donors (Lipinski definition) is 2. The lowest BCUT2D eigenvalue weighted by atomic mass is 10.1. The van der Waals surface area contributed by atoms with Crippen LogP contribution in [0.15, 0.2) is 43.1 Å². The lowest BCUT2D eigenvalue weighted by Crippen LogP contribution is -2.28. The Kier molecular flexibility index (Phi) is 5.53. The highest BCUT2D eigenvalue weighted by atomic mass is 35.5. The molecular weight excluding hydrogens is 392 g/mol. The first-order valence-corrected chi connectivity index (χ1v) is 8.59. The molecule has 1 aromatic carbocycles. The molecule has 0 saturated carbocycles.